The molecule has 0 saturated heterocycles. The predicted molar refractivity (Wildman–Crippen MR) is 92.5 cm³/mol. The smallest absolute Gasteiger partial charge is 0.150 e. The minimum absolute atomic E-state index is 0.201. The van der Waals surface area contributed by atoms with E-state index < -0.39 is 0 Å². The molecule has 1 atom stereocenters. The molecule has 0 spiro atoms. The second kappa shape index (κ2) is 8.44. The van der Waals surface area contributed by atoms with Crippen LogP contribution in [0.5, 0.6) is 5.75 Å². The van der Waals surface area contributed by atoms with Crippen LogP contribution in [0, 0.1) is 0 Å². The number of rotatable bonds is 8. The number of hydrogen-bond acceptors (Lipinski definition) is 3. The van der Waals surface area contributed by atoms with Gasteiger partial charge < -0.3 is 4.74 Å². The van der Waals surface area contributed by atoms with Crippen molar-refractivity contribution in [1.29, 1.82) is 0 Å². The fourth-order valence-corrected chi connectivity index (χ4v) is 3.24. The number of hydrogen-bond donors (Lipinski definition) is 0. The van der Waals surface area contributed by atoms with Crippen molar-refractivity contribution in [2.24, 2.45) is 0 Å². The highest BCUT2D eigenvalue weighted by Gasteiger charge is 2.21. The van der Waals surface area contributed by atoms with E-state index in [2.05, 4.69) is 6.58 Å². The maximum absolute atomic E-state index is 12.6. The minimum Gasteiger partial charge on any atom is -0.497 e. The average molecular weight is 312 g/mol. The first-order valence-corrected chi connectivity index (χ1v) is 8.12. The van der Waals surface area contributed by atoms with Gasteiger partial charge in [-0.1, -0.05) is 36.4 Å². The Morgan fingerprint density at radius 3 is 2.45 bits per heavy atom. The Morgan fingerprint density at radius 2 is 1.86 bits per heavy atom. The van der Waals surface area contributed by atoms with E-state index >= 15 is 0 Å². The Morgan fingerprint density at radius 1 is 1.18 bits per heavy atom. The van der Waals surface area contributed by atoms with Gasteiger partial charge in [-0.2, -0.15) is 0 Å². The Bertz CT molecular complexity index is 605. The van der Waals surface area contributed by atoms with Crippen LogP contribution in [0.3, 0.4) is 0 Å². The van der Waals surface area contributed by atoms with E-state index in [0.29, 0.717) is 12.8 Å². The van der Waals surface area contributed by atoms with Gasteiger partial charge >= 0.3 is 0 Å². The highest BCUT2D eigenvalue weighted by Crippen LogP contribution is 2.37. The summed E-state index contributed by atoms with van der Waals surface area (Å²) in [5.41, 5.74) is 1.00. The van der Waals surface area contributed by atoms with Crippen molar-refractivity contribution in [3.8, 4) is 5.75 Å². The first-order valence-electron chi connectivity index (χ1n) is 7.24. The van der Waals surface area contributed by atoms with Gasteiger partial charge in [0.1, 0.15) is 5.75 Å². The third-order valence-electron chi connectivity index (χ3n) is 3.30. The highest BCUT2D eigenvalue weighted by molar-refractivity contribution is 8.00. The lowest BCUT2D eigenvalue weighted by atomic mass is 10.0. The third kappa shape index (κ3) is 4.50. The molecule has 114 valence electrons. The number of methoxy groups -OCH3 is 1. The molecule has 1 unspecified atom stereocenters. The summed E-state index contributed by atoms with van der Waals surface area (Å²) in [5, 5.41) is -0.201. The number of carbonyl (C=O) groups excluding carboxylic acids is 1. The molecule has 0 radical (unpaired) electrons. The lowest BCUT2D eigenvalue weighted by Crippen LogP contribution is -2.09. The molecule has 2 aromatic carbocycles. The Balaban J connectivity index is 2.23. The van der Waals surface area contributed by atoms with Crippen LogP contribution in [-0.4, -0.2) is 12.9 Å². The number of carbonyl (C=O) groups is 1. The molecular weight excluding hydrogens is 292 g/mol. The van der Waals surface area contributed by atoms with E-state index in [4.69, 9.17) is 4.74 Å². The third-order valence-corrected chi connectivity index (χ3v) is 4.62. The molecular formula is C19H20O2S. The number of ether oxygens (including phenoxy) is 1. The van der Waals surface area contributed by atoms with Crippen LogP contribution in [0.2, 0.25) is 0 Å². The molecule has 2 rings (SSSR count). The van der Waals surface area contributed by atoms with Crippen molar-refractivity contribution >= 4 is 17.5 Å². The van der Waals surface area contributed by atoms with Crippen LogP contribution < -0.4 is 4.74 Å². The summed E-state index contributed by atoms with van der Waals surface area (Å²) >= 11 is 1.59. The van der Waals surface area contributed by atoms with E-state index in [9.17, 15) is 4.79 Å². The SMILES string of the molecule is C=CCCC(=O)C(Sc1ccccc1)c1ccc(OC)cc1. The molecule has 0 aromatic heterocycles. The highest BCUT2D eigenvalue weighted by atomic mass is 32.2. The summed E-state index contributed by atoms with van der Waals surface area (Å²) in [7, 11) is 1.64. The molecule has 3 heteroatoms. The second-order valence-corrected chi connectivity index (χ2v) is 6.06. The molecule has 0 aliphatic heterocycles. The average Bonchev–Trinajstić information content (AvgIpc) is 2.58. The fourth-order valence-electron chi connectivity index (χ4n) is 2.11. The Hall–Kier alpha value is -2.00. The van der Waals surface area contributed by atoms with Gasteiger partial charge in [0, 0.05) is 11.3 Å². The molecule has 0 fully saturated rings. The van der Waals surface area contributed by atoms with Crippen molar-refractivity contribution in [3.05, 3.63) is 72.8 Å². The number of thioether (sulfide) groups is 1. The number of ketones is 1. The van der Waals surface area contributed by atoms with Gasteiger partial charge in [0.05, 0.1) is 12.4 Å². The molecule has 0 amide bonds. The quantitative estimate of drug-likeness (QED) is 0.503. The van der Waals surface area contributed by atoms with Crippen LogP contribution in [0.1, 0.15) is 23.7 Å². The molecule has 0 heterocycles. The summed E-state index contributed by atoms with van der Waals surface area (Å²) in [4.78, 5) is 13.7. The normalized spacial score (nSPS) is 11.7. The van der Waals surface area contributed by atoms with Gasteiger partial charge in [0.25, 0.3) is 0 Å². The van der Waals surface area contributed by atoms with Crippen LogP contribution in [0.4, 0.5) is 0 Å². The summed E-state index contributed by atoms with van der Waals surface area (Å²) in [6.07, 6.45) is 3.01. The maximum atomic E-state index is 12.6. The molecule has 0 saturated carbocycles. The molecule has 0 aliphatic rings. The zero-order valence-electron chi connectivity index (χ0n) is 12.7. The van der Waals surface area contributed by atoms with Gasteiger partial charge in [0.15, 0.2) is 5.78 Å². The lowest BCUT2D eigenvalue weighted by Gasteiger charge is -2.16. The maximum Gasteiger partial charge on any atom is 0.150 e. The van der Waals surface area contributed by atoms with Gasteiger partial charge in [-0.25, -0.2) is 0 Å². The van der Waals surface area contributed by atoms with Crippen LogP contribution in [-0.2, 0) is 4.79 Å². The summed E-state index contributed by atoms with van der Waals surface area (Å²) < 4.78 is 5.19. The molecule has 2 nitrogen and oxygen atoms in total. The summed E-state index contributed by atoms with van der Waals surface area (Å²) in [6, 6.07) is 17.7. The molecule has 2 aromatic rings. The van der Waals surface area contributed by atoms with E-state index in [-0.39, 0.29) is 11.0 Å². The Labute approximate surface area is 136 Å². The van der Waals surface area contributed by atoms with Crippen molar-refractivity contribution in [2.45, 2.75) is 23.0 Å². The van der Waals surface area contributed by atoms with E-state index in [0.717, 1.165) is 16.2 Å². The zero-order chi connectivity index (χ0) is 15.8. The molecule has 0 N–H and O–H groups in total. The van der Waals surface area contributed by atoms with E-state index in [1.807, 2.05) is 54.6 Å². The summed E-state index contributed by atoms with van der Waals surface area (Å²) in [6.45, 7) is 3.70. The van der Waals surface area contributed by atoms with Gasteiger partial charge in [0.2, 0.25) is 0 Å². The minimum atomic E-state index is -0.201. The first kappa shape index (κ1) is 16.4. The van der Waals surface area contributed by atoms with Crippen LogP contribution in [0.25, 0.3) is 0 Å². The number of Topliss-reactive ketones (excluding diaryl/α,β-unsaturated/α-hetero) is 1. The van der Waals surface area contributed by atoms with Gasteiger partial charge in [-0.15, -0.1) is 18.3 Å². The van der Waals surface area contributed by atoms with Crippen LogP contribution >= 0.6 is 11.8 Å². The van der Waals surface area contributed by atoms with Crippen molar-refractivity contribution < 1.29 is 9.53 Å². The molecule has 0 aliphatic carbocycles. The van der Waals surface area contributed by atoms with Gasteiger partial charge in [-0.05, 0) is 36.2 Å². The zero-order valence-corrected chi connectivity index (χ0v) is 13.5. The predicted octanol–water partition coefficient (Wildman–Crippen LogP) is 5.06. The fraction of sp³-hybridized carbons (Fsp3) is 0.211. The topological polar surface area (TPSA) is 26.3 Å². The van der Waals surface area contributed by atoms with Crippen LogP contribution in [0.15, 0.2) is 72.1 Å². The number of allylic oxidation sites excluding steroid dienone is 1. The standard InChI is InChI=1S/C19H20O2S/c1-3-4-10-18(20)19(22-17-8-6-5-7-9-17)15-11-13-16(21-2)14-12-15/h3,5-9,11-14,19H,1,4,10H2,2H3. The lowest BCUT2D eigenvalue weighted by molar-refractivity contribution is -0.118. The summed E-state index contributed by atoms with van der Waals surface area (Å²) in [5.74, 6) is 1.02. The monoisotopic (exact) mass is 312 g/mol. The van der Waals surface area contributed by atoms with Crippen molar-refractivity contribution in [3.63, 3.8) is 0 Å². The van der Waals surface area contributed by atoms with Crippen molar-refractivity contribution in [2.75, 3.05) is 7.11 Å². The molecule has 0 bridgehead atoms. The van der Waals surface area contributed by atoms with E-state index in [1.54, 1.807) is 24.9 Å². The van der Waals surface area contributed by atoms with Crippen molar-refractivity contribution in [1.82, 2.24) is 0 Å². The van der Waals surface area contributed by atoms with E-state index in [1.165, 1.54) is 0 Å². The largest absolute Gasteiger partial charge is 0.497 e. The second-order valence-electron chi connectivity index (χ2n) is 4.88. The first-order chi connectivity index (χ1) is 10.7. The van der Waals surface area contributed by atoms with Gasteiger partial charge in [-0.3, -0.25) is 4.79 Å². The number of benzene rings is 2. The Kier molecular flexibility index (Phi) is 6.28. The molecule has 22 heavy (non-hydrogen) atoms.